The monoisotopic (exact) mass is 517 g/mol. The molecular weight excluding hydrogens is 498 g/mol. The lowest BCUT2D eigenvalue weighted by atomic mass is 10.1. The maximum atomic E-state index is 12.6. The molecule has 0 saturated carbocycles. The highest BCUT2D eigenvalue weighted by Crippen LogP contribution is 2.34. The molecule has 6 nitrogen and oxygen atoms in total. The van der Waals surface area contributed by atoms with Crippen LogP contribution in [0.5, 0.6) is 0 Å². The van der Waals surface area contributed by atoms with Crippen LogP contribution < -0.4 is 5.32 Å². The molecule has 1 fully saturated rings. The van der Waals surface area contributed by atoms with Crippen molar-refractivity contribution >= 4 is 73.1 Å². The standard InChI is InChI=1S/C22H20BrN3O3S2/c1-2-7-26-21(28)19(31-22(26)29)9-14-12-25(18-6-5-15(23)10-17(14)18)13-20(27)24-11-16-4-3-8-30-16/h3-6,8-10,12H,2,7,11,13H2,1H3,(H,24,27)/b19-9-. The van der Waals surface area contributed by atoms with E-state index in [2.05, 4.69) is 21.2 Å². The maximum Gasteiger partial charge on any atom is 0.293 e. The van der Waals surface area contributed by atoms with Gasteiger partial charge in [-0.25, -0.2) is 0 Å². The van der Waals surface area contributed by atoms with Crippen LogP contribution in [0.4, 0.5) is 4.79 Å². The number of carbonyl (C=O) groups is 3. The number of imide groups is 1. The van der Waals surface area contributed by atoms with E-state index in [0.717, 1.165) is 44.0 Å². The van der Waals surface area contributed by atoms with Gasteiger partial charge in [-0.15, -0.1) is 11.3 Å². The summed E-state index contributed by atoms with van der Waals surface area (Å²) in [5, 5.41) is 5.59. The smallest absolute Gasteiger partial charge is 0.293 e. The Balaban J connectivity index is 1.61. The third-order valence-corrected chi connectivity index (χ3v) is 7.11. The molecule has 0 spiro atoms. The Morgan fingerprint density at radius 2 is 2.10 bits per heavy atom. The Labute approximate surface area is 196 Å². The molecule has 0 atom stereocenters. The van der Waals surface area contributed by atoms with Gasteiger partial charge in [0.25, 0.3) is 11.1 Å². The van der Waals surface area contributed by atoms with Crippen LogP contribution in [-0.4, -0.2) is 33.1 Å². The van der Waals surface area contributed by atoms with Crippen molar-refractivity contribution in [1.82, 2.24) is 14.8 Å². The van der Waals surface area contributed by atoms with Crippen LogP contribution in [-0.2, 0) is 22.7 Å². The number of carbonyl (C=O) groups excluding carboxylic acids is 3. The van der Waals surface area contributed by atoms with E-state index in [1.54, 1.807) is 17.4 Å². The first-order valence-electron chi connectivity index (χ1n) is 9.79. The fraction of sp³-hybridized carbons (Fsp3) is 0.227. The van der Waals surface area contributed by atoms with E-state index in [9.17, 15) is 14.4 Å². The summed E-state index contributed by atoms with van der Waals surface area (Å²) in [6, 6.07) is 9.75. The Kier molecular flexibility index (Phi) is 6.64. The number of amides is 3. The predicted octanol–water partition coefficient (Wildman–Crippen LogP) is 5.23. The molecule has 1 saturated heterocycles. The second-order valence-electron chi connectivity index (χ2n) is 7.06. The number of halogens is 1. The fourth-order valence-corrected chi connectivity index (χ4v) is 5.27. The van der Waals surface area contributed by atoms with E-state index in [-0.39, 0.29) is 23.6 Å². The van der Waals surface area contributed by atoms with Gasteiger partial charge in [-0.3, -0.25) is 19.3 Å². The average Bonchev–Trinajstić information content (AvgIpc) is 3.43. The second-order valence-corrected chi connectivity index (χ2v) is 10.0. The summed E-state index contributed by atoms with van der Waals surface area (Å²) in [5.74, 6) is -0.357. The van der Waals surface area contributed by atoms with Crippen LogP contribution in [0.25, 0.3) is 17.0 Å². The molecule has 1 N–H and O–H groups in total. The first-order valence-corrected chi connectivity index (χ1v) is 12.3. The number of hydrogen-bond acceptors (Lipinski definition) is 5. The number of hydrogen-bond donors (Lipinski definition) is 1. The number of benzene rings is 1. The largest absolute Gasteiger partial charge is 0.350 e. The summed E-state index contributed by atoms with van der Waals surface area (Å²) in [4.78, 5) is 40.1. The van der Waals surface area contributed by atoms with Crippen LogP contribution in [0.3, 0.4) is 0 Å². The second kappa shape index (κ2) is 9.42. The van der Waals surface area contributed by atoms with E-state index in [4.69, 9.17) is 0 Å². The maximum absolute atomic E-state index is 12.6. The molecule has 31 heavy (non-hydrogen) atoms. The third-order valence-electron chi connectivity index (χ3n) is 4.84. The molecule has 9 heteroatoms. The van der Waals surface area contributed by atoms with Crippen LogP contribution >= 0.6 is 39.0 Å². The Hall–Kier alpha value is -2.36. The normalized spacial score (nSPS) is 15.4. The minimum Gasteiger partial charge on any atom is -0.350 e. The number of aromatic nitrogens is 1. The summed E-state index contributed by atoms with van der Waals surface area (Å²) >= 11 is 6.05. The number of thiophene rings is 1. The van der Waals surface area contributed by atoms with E-state index < -0.39 is 0 Å². The van der Waals surface area contributed by atoms with Gasteiger partial charge in [-0.05, 0) is 53.9 Å². The van der Waals surface area contributed by atoms with Gasteiger partial charge in [0.2, 0.25) is 5.91 Å². The quantitative estimate of drug-likeness (QED) is 0.435. The lowest BCUT2D eigenvalue weighted by molar-refractivity contribution is -0.123. The number of rotatable bonds is 7. The van der Waals surface area contributed by atoms with E-state index >= 15 is 0 Å². The molecule has 3 amide bonds. The van der Waals surface area contributed by atoms with Gasteiger partial charge in [0, 0.05) is 38.6 Å². The van der Waals surface area contributed by atoms with E-state index in [0.29, 0.717) is 18.0 Å². The zero-order chi connectivity index (χ0) is 22.0. The highest BCUT2D eigenvalue weighted by atomic mass is 79.9. The van der Waals surface area contributed by atoms with Crippen molar-refractivity contribution in [3.05, 3.63) is 61.7 Å². The summed E-state index contributed by atoms with van der Waals surface area (Å²) in [7, 11) is 0. The molecule has 0 bridgehead atoms. The highest BCUT2D eigenvalue weighted by molar-refractivity contribution is 9.10. The van der Waals surface area contributed by atoms with Crippen molar-refractivity contribution in [2.45, 2.75) is 26.4 Å². The molecule has 160 valence electrons. The Morgan fingerprint density at radius 1 is 1.26 bits per heavy atom. The predicted molar refractivity (Wildman–Crippen MR) is 129 cm³/mol. The minimum absolute atomic E-state index is 0.0944. The number of nitrogens with zero attached hydrogens (tertiary/aromatic N) is 2. The topological polar surface area (TPSA) is 71.4 Å². The zero-order valence-corrected chi connectivity index (χ0v) is 20.0. The van der Waals surface area contributed by atoms with Crippen molar-refractivity contribution in [3.8, 4) is 0 Å². The van der Waals surface area contributed by atoms with Crippen LogP contribution in [0, 0.1) is 0 Å². The van der Waals surface area contributed by atoms with Gasteiger partial charge in [-0.1, -0.05) is 28.9 Å². The lowest BCUT2D eigenvalue weighted by Gasteiger charge is -2.09. The van der Waals surface area contributed by atoms with Crippen molar-refractivity contribution in [1.29, 1.82) is 0 Å². The van der Waals surface area contributed by atoms with Crippen LogP contribution in [0.15, 0.2) is 51.3 Å². The van der Waals surface area contributed by atoms with Crippen molar-refractivity contribution < 1.29 is 14.4 Å². The van der Waals surface area contributed by atoms with Crippen molar-refractivity contribution in [3.63, 3.8) is 0 Å². The lowest BCUT2D eigenvalue weighted by Crippen LogP contribution is -2.28. The van der Waals surface area contributed by atoms with Gasteiger partial charge in [0.1, 0.15) is 6.54 Å². The molecule has 1 aromatic carbocycles. The Bertz CT molecular complexity index is 1180. The van der Waals surface area contributed by atoms with Crippen molar-refractivity contribution in [2.24, 2.45) is 0 Å². The number of nitrogens with one attached hydrogen (secondary N) is 1. The minimum atomic E-state index is -0.263. The summed E-state index contributed by atoms with van der Waals surface area (Å²) in [6.45, 7) is 3.01. The Morgan fingerprint density at radius 3 is 2.84 bits per heavy atom. The molecule has 2 aromatic heterocycles. The number of fused-ring (bicyclic) bond motifs is 1. The molecular formula is C22H20BrN3O3S2. The zero-order valence-electron chi connectivity index (χ0n) is 16.8. The number of thioether (sulfide) groups is 1. The van der Waals surface area contributed by atoms with E-state index in [1.807, 2.05) is 53.4 Å². The first-order chi connectivity index (χ1) is 15.0. The summed E-state index contributed by atoms with van der Waals surface area (Å²) in [5.41, 5.74) is 1.68. The van der Waals surface area contributed by atoms with Gasteiger partial charge in [0.15, 0.2) is 0 Å². The van der Waals surface area contributed by atoms with Gasteiger partial charge < -0.3 is 9.88 Å². The average molecular weight is 518 g/mol. The first kappa shape index (κ1) is 21.9. The van der Waals surface area contributed by atoms with Crippen LogP contribution in [0.1, 0.15) is 23.8 Å². The van der Waals surface area contributed by atoms with E-state index in [1.165, 1.54) is 4.90 Å². The molecule has 0 unspecified atom stereocenters. The molecule has 0 aliphatic carbocycles. The molecule has 1 aliphatic heterocycles. The van der Waals surface area contributed by atoms with Gasteiger partial charge in [-0.2, -0.15) is 0 Å². The molecule has 0 radical (unpaired) electrons. The van der Waals surface area contributed by atoms with Crippen LogP contribution in [0.2, 0.25) is 0 Å². The summed E-state index contributed by atoms with van der Waals surface area (Å²) in [6.07, 6.45) is 4.32. The molecule has 3 heterocycles. The highest BCUT2D eigenvalue weighted by Gasteiger charge is 2.34. The molecule has 1 aliphatic rings. The molecule has 4 rings (SSSR count). The summed E-state index contributed by atoms with van der Waals surface area (Å²) < 4.78 is 2.77. The van der Waals surface area contributed by atoms with Crippen molar-refractivity contribution in [2.75, 3.05) is 6.54 Å². The fourth-order valence-electron chi connectivity index (χ4n) is 3.41. The SMILES string of the molecule is CCCN1C(=O)S/C(=C\c2cn(CC(=O)NCc3cccs3)c3ccc(Br)cc23)C1=O. The molecule has 3 aromatic rings. The van der Waals surface area contributed by atoms with Gasteiger partial charge >= 0.3 is 0 Å². The van der Waals surface area contributed by atoms with Gasteiger partial charge in [0.05, 0.1) is 11.4 Å². The third kappa shape index (κ3) is 4.78.